The van der Waals surface area contributed by atoms with Crippen molar-refractivity contribution in [2.24, 2.45) is 0 Å². The smallest absolute Gasteiger partial charge is 0.143 e. The number of likely N-dealkylation sites (tertiary alicyclic amines) is 1. The number of nitrogens with zero attached hydrogens (tertiary/aromatic N) is 2. The normalized spacial score (nSPS) is 18.7. The van der Waals surface area contributed by atoms with Gasteiger partial charge in [0.1, 0.15) is 12.4 Å². The number of benzene rings is 3. The number of anilines is 2. The monoisotopic (exact) mass is 404 g/mol. The number of para-hydroxylation sites is 3. The number of rotatable bonds is 4. The van der Waals surface area contributed by atoms with E-state index in [-0.39, 0.29) is 0 Å². The van der Waals surface area contributed by atoms with Crippen molar-refractivity contribution in [3.8, 4) is 5.75 Å². The summed E-state index contributed by atoms with van der Waals surface area (Å²) in [6.45, 7) is 3.89. The van der Waals surface area contributed by atoms with Gasteiger partial charge in [0.15, 0.2) is 0 Å². The van der Waals surface area contributed by atoms with Crippen LogP contribution in [0.2, 0.25) is 5.02 Å². The Bertz CT molecular complexity index is 941. The summed E-state index contributed by atoms with van der Waals surface area (Å²) in [6, 6.07) is 25.8. The lowest BCUT2D eigenvalue weighted by Gasteiger charge is -2.32. The zero-order valence-corrected chi connectivity index (χ0v) is 17.2. The molecule has 3 aromatic carbocycles. The van der Waals surface area contributed by atoms with E-state index in [0.29, 0.717) is 12.6 Å². The Labute approximate surface area is 177 Å². The molecule has 3 nitrogen and oxygen atoms in total. The minimum absolute atomic E-state index is 0.448. The summed E-state index contributed by atoms with van der Waals surface area (Å²) in [5.41, 5.74) is 5.06. The number of halogens is 1. The zero-order chi connectivity index (χ0) is 19.6. The summed E-state index contributed by atoms with van der Waals surface area (Å²) in [7, 11) is 0. The molecular weight excluding hydrogens is 380 g/mol. The van der Waals surface area contributed by atoms with Crippen LogP contribution >= 0.6 is 11.6 Å². The van der Waals surface area contributed by atoms with E-state index in [0.717, 1.165) is 43.2 Å². The first-order valence-corrected chi connectivity index (χ1v) is 10.7. The maximum Gasteiger partial charge on any atom is 0.143 e. The van der Waals surface area contributed by atoms with Crippen molar-refractivity contribution >= 4 is 23.0 Å². The van der Waals surface area contributed by atoms with Crippen LogP contribution in [0.3, 0.4) is 0 Å². The average Bonchev–Trinajstić information content (AvgIpc) is 3.15. The molecule has 1 fully saturated rings. The fraction of sp³-hybridized carbons (Fsp3) is 0.280. The van der Waals surface area contributed by atoms with Gasteiger partial charge in [-0.25, -0.2) is 0 Å². The van der Waals surface area contributed by atoms with Gasteiger partial charge in [-0.15, -0.1) is 0 Å². The van der Waals surface area contributed by atoms with Crippen LogP contribution in [0.5, 0.6) is 5.75 Å². The SMILES string of the molecule is Clc1ccc(CCN2CC[C@@H](N3c4ccccc4COc4ccccc43)C2)cc1. The highest BCUT2D eigenvalue weighted by Crippen LogP contribution is 2.42. The fourth-order valence-electron chi connectivity index (χ4n) is 4.49. The summed E-state index contributed by atoms with van der Waals surface area (Å²) < 4.78 is 6.14. The standard InChI is InChI=1S/C25H25ClN2O/c26-21-11-9-19(10-12-21)13-15-27-16-14-22(17-27)28-23-6-2-1-5-20(23)18-29-25-8-4-3-7-24(25)28/h1-12,22H,13-18H2/t22-/m1/s1. The van der Waals surface area contributed by atoms with E-state index in [1.165, 1.54) is 22.5 Å². The van der Waals surface area contributed by atoms with E-state index in [1.54, 1.807) is 0 Å². The van der Waals surface area contributed by atoms with Gasteiger partial charge in [-0.3, -0.25) is 0 Å². The Kier molecular flexibility index (Phi) is 5.17. The van der Waals surface area contributed by atoms with Crippen molar-refractivity contribution in [3.63, 3.8) is 0 Å². The van der Waals surface area contributed by atoms with Gasteiger partial charge >= 0.3 is 0 Å². The van der Waals surface area contributed by atoms with Gasteiger partial charge in [-0.1, -0.05) is 54.1 Å². The lowest BCUT2D eigenvalue weighted by Crippen LogP contribution is -2.35. The quantitative estimate of drug-likeness (QED) is 0.555. The maximum atomic E-state index is 6.14. The van der Waals surface area contributed by atoms with E-state index in [2.05, 4.69) is 70.5 Å². The van der Waals surface area contributed by atoms with Crippen molar-refractivity contribution in [2.75, 3.05) is 24.5 Å². The minimum atomic E-state index is 0.448. The molecule has 2 heterocycles. The molecule has 0 unspecified atom stereocenters. The van der Waals surface area contributed by atoms with Gasteiger partial charge in [0.2, 0.25) is 0 Å². The maximum absolute atomic E-state index is 6.14. The topological polar surface area (TPSA) is 15.7 Å². The van der Waals surface area contributed by atoms with E-state index in [9.17, 15) is 0 Å². The Hall–Kier alpha value is -2.49. The highest BCUT2D eigenvalue weighted by molar-refractivity contribution is 6.30. The van der Waals surface area contributed by atoms with Crippen molar-refractivity contribution in [3.05, 3.63) is 88.9 Å². The first-order valence-electron chi connectivity index (χ1n) is 10.3. The molecule has 1 atom stereocenters. The third-order valence-corrected chi connectivity index (χ3v) is 6.25. The van der Waals surface area contributed by atoms with Crippen LogP contribution in [0.4, 0.5) is 11.4 Å². The van der Waals surface area contributed by atoms with E-state index < -0.39 is 0 Å². The Morgan fingerprint density at radius 2 is 1.66 bits per heavy atom. The Balaban J connectivity index is 1.36. The van der Waals surface area contributed by atoms with Crippen LogP contribution < -0.4 is 9.64 Å². The second kappa shape index (κ2) is 8.10. The third-order valence-electron chi connectivity index (χ3n) is 6.00. The Morgan fingerprint density at radius 3 is 2.52 bits per heavy atom. The van der Waals surface area contributed by atoms with Crippen LogP contribution in [0.25, 0.3) is 0 Å². The molecule has 3 aromatic rings. The fourth-order valence-corrected chi connectivity index (χ4v) is 4.62. The molecule has 0 bridgehead atoms. The molecule has 148 valence electrons. The van der Waals surface area contributed by atoms with Crippen LogP contribution in [-0.4, -0.2) is 30.6 Å². The molecule has 0 radical (unpaired) electrons. The molecule has 0 amide bonds. The van der Waals surface area contributed by atoms with Gasteiger partial charge < -0.3 is 14.5 Å². The van der Waals surface area contributed by atoms with Crippen molar-refractivity contribution in [1.82, 2.24) is 4.90 Å². The van der Waals surface area contributed by atoms with E-state index in [4.69, 9.17) is 16.3 Å². The second-order valence-electron chi connectivity index (χ2n) is 7.87. The molecule has 2 aliphatic rings. The molecule has 0 aromatic heterocycles. The predicted octanol–water partition coefficient (Wildman–Crippen LogP) is 5.69. The largest absolute Gasteiger partial charge is 0.487 e. The Morgan fingerprint density at radius 1 is 0.897 bits per heavy atom. The summed E-state index contributed by atoms with van der Waals surface area (Å²) in [4.78, 5) is 5.09. The molecule has 0 aliphatic carbocycles. The predicted molar refractivity (Wildman–Crippen MR) is 119 cm³/mol. The lowest BCUT2D eigenvalue weighted by molar-refractivity contribution is 0.310. The van der Waals surface area contributed by atoms with E-state index >= 15 is 0 Å². The molecule has 5 rings (SSSR count). The molecule has 1 saturated heterocycles. The number of ether oxygens (including phenoxy) is 1. The second-order valence-corrected chi connectivity index (χ2v) is 8.31. The van der Waals surface area contributed by atoms with Crippen molar-refractivity contribution in [1.29, 1.82) is 0 Å². The minimum Gasteiger partial charge on any atom is -0.487 e. The summed E-state index contributed by atoms with van der Waals surface area (Å²) >= 11 is 6.01. The van der Waals surface area contributed by atoms with Gasteiger partial charge in [0, 0.05) is 41.9 Å². The summed E-state index contributed by atoms with van der Waals surface area (Å²) in [5, 5.41) is 0.802. The molecule has 29 heavy (non-hydrogen) atoms. The average molecular weight is 405 g/mol. The summed E-state index contributed by atoms with van der Waals surface area (Å²) in [6.07, 6.45) is 2.21. The van der Waals surface area contributed by atoms with Crippen LogP contribution in [0.15, 0.2) is 72.8 Å². The molecule has 0 N–H and O–H groups in total. The summed E-state index contributed by atoms with van der Waals surface area (Å²) in [5.74, 6) is 0.975. The van der Waals surface area contributed by atoms with Crippen LogP contribution in [0.1, 0.15) is 17.5 Å². The van der Waals surface area contributed by atoms with Crippen LogP contribution in [0, 0.1) is 0 Å². The van der Waals surface area contributed by atoms with Gasteiger partial charge in [0.05, 0.1) is 5.69 Å². The first kappa shape index (κ1) is 18.5. The number of hydrogen-bond acceptors (Lipinski definition) is 3. The van der Waals surface area contributed by atoms with Crippen molar-refractivity contribution < 1.29 is 4.74 Å². The third kappa shape index (κ3) is 3.85. The molecule has 0 saturated carbocycles. The van der Waals surface area contributed by atoms with Crippen molar-refractivity contribution in [2.45, 2.75) is 25.5 Å². The van der Waals surface area contributed by atoms with Crippen LogP contribution in [-0.2, 0) is 13.0 Å². The van der Waals surface area contributed by atoms with Gasteiger partial charge in [-0.05, 0) is 48.7 Å². The highest BCUT2D eigenvalue weighted by atomic mass is 35.5. The number of fused-ring (bicyclic) bond motifs is 2. The van der Waals surface area contributed by atoms with Gasteiger partial charge in [0.25, 0.3) is 0 Å². The molecular formula is C25H25ClN2O. The molecule has 4 heteroatoms. The van der Waals surface area contributed by atoms with E-state index in [1.807, 2.05) is 12.1 Å². The zero-order valence-electron chi connectivity index (χ0n) is 16.4. The first-order chi connectivity index (χ1) is 14.3. The van der Waals surface area contributed by atoms with Gasteiger partial charge in [-0.2, -0.15) is 0 Å². The molecule has 2 aliphatic heterocycles. The highest BCUT2D eigenvalue weighted by Gasteiger charge is 2.32. The molecule has 0 spiro atoms. The number of hydrogen-bond donors (Lipinski definition) is 0. The lowest BCUT2D eigenvalue weighted by atomic mass is 10.1.